The van der Waals surface area contributed by atoms with Crippen LogP contribution in [-0.2, 0) is 10.0 Å². The van der Waals surface area contributed by atoms with E-state index in [0.29, 0.717) is 6.07 Å². The Hall–Kier alpha value is -2.32. The van der Waals surface area contributed by atoms with E-state index in [1.807, 2.05) is 12.3 Å². The molecular formula is C16H12F2N2O2S2. The van der Waals surface area contributed by atoms with Crippen molar-refractivity contribution in [1.29, 1.82) is 0 Å². The summed E-state index contributed by atoms with van der Waals surface area (Å²) in [5.41, 5.74) is 1.75. The standard InChI is InChI=1S/C16H12F2N2O2S2/c1-10-19-16(9-23-10)11-3-2-4-14(5-11)20-24(21,22)15-7-12(17)6-13(18)8-15/h2-9,20H,1H3. The van der Waals surface area contributed by atoms with Crippen molar-refractivity contribution >= 4 is 27.0 Å². The summed E-state index contributed by atoms with van der Waals surface area (Å²) in [6.45, 7) is 1.87. The number of rotatable bonds is 4. The van der Waals surface area contributed by atoms with E-state index in [1.165, 1.54) is 11.3 Å². The molecule has 0 saturated carbocycles. The van der Waals surface area contributed by atoms with Gasteiger partial charge in [-0.1, -0.05) is 12.1 Å². The highest BCUT2D eigenvalue weighted by atomic mass is 32.2. The van der Waals surface area contributed by atoms with E-state index >= 15 is 0 Å². The van der Waals surface area contributed by atoms with Crippen LogP contribution in [0, 0.1) is 18.6 Å². The lowest BCUT2D eigenvalue weighted by Gasteiger charge is -2.09. The van der Waals surface area contributed by atoms with Crippen LogP contribution in [-0.4, -0.2) is 13.4 Å². The molecule has 0 aliphatic heterocycles. The van der Waals surface area contributed by atoms with Crippen LogP contribution in [0.25, 0.3) is 11.3 Å². The number of aromatic nitrogens is 1. The fraction of sp³-hybridized carbons (Fsp3) is 0.0625. The van der Waals surface area contributed by atoms with Crippen molar-refractivity contribution < 1.29 is 17.2 Å². The van der Waals surface area contributed by atoms with Gasteiger partial charge < -0.3 is 0 Å². The van der Waals surface area contributed by atoms with Crippen molar-refractivity contribution in [2.24, 2.45) is 0 Å². The summed E-state index contributed by atoms with van der Waals surface area (Å²) in [4.78, 5) is 3.87. The van der Waals surface area contributed by atoms with Crippen LogP contribution in [0.4, 0.5) is 14.5 Å². The van der Waals surface area contributed by atoms with Gasteiger partial charge in [-0.2, -0.15) is 0 Å². The van der Waals surface area contributed by atoms with E-state index in [9.17, 15) is 17.2 Å². The molecule has 0 saturated heterocycles. The third-order valence-electron chi connectivity index (χ3n) is 3.18. The van der Waals surface area contributed by atoms with Gasteiger partial charge in [0.1, 0.15) is 11.6 Å². The summed E-state index contributed by atoms with van der Waals surface area (Å²) in [5.74, 6) is -1.91. The molecule has 4 nitrogen and oxygen atoms in total. The maximum absolute atomic E-state index is 13.2. The maximum atomic E-state index is 13.2. The van der Waals surface area contributed by atoms with Crippen molar-refractivity contribution in [3.63, 3.8) is 0 Å². The molecule has 124 valence electrons. The number of nitrogens with one attached hydrogen (secondary N) is 1. The maximum Gasteiger partial charge on any atom is 0.262 e. The quantitative estimate of drug-likeness (QED) is 0.753. The van der Waals surface area contributed by atoms with Crippen LogP contribution < -0.4 is 4.72 Å². The van der Waals surface area contributed by atoms with E-state index < -0.39 is 26.6 Å². The van der Waals surface area contributed by atoms with Gasteiger partial charge in [0.2, 0.25) is 0 Å². The average molecular weight is 366 g/mol. The SMILES string of the molecule is Cc1nc(-c2cccc(NS(=O)(=O)c3cc(F)cc(F)c3)c2)cs1. The number of thiazole rings is 1. The average Bonchev–Trinajstić information content (AvgIpc) is 2.93. The molecule has 24 heavy (non-hydrogen) atoms. The molecule has 3 aromatic rings. The van der Waals surface area contributed by atoms with E-state index in [-0.39, 0.29) is 5.69 Å². The number of anilines is 1. The summed E-state index contributed by atoms with van der Waals surface area (Å²) in [6.07, 6.45) is 0. The largest absolute Gasteiger partial charge is 0.280 e. The number of halogens is 2. The second-order valence-electron chi connectivity index (χ2n) is 5.04. The smallest absolute Gasteiger partial charge is 0.262 e. The van der Waals surface area contributed by atoms with Crippen LogP contribution in [0.15, 0.2) is 52.7 Å². The third kappa shape index (κ3) is 3.60. The van der Waals surface area contributed by atoms with E-state index in [0.717, 1.165) is 28.4 Å². The predicted molar refractivity (Wildman–Crippen MR) is 89.5 cm³/mol. The number of sulfonamides is 1. The number of aryl methyl sites for hydroxylation is 1. The van der Waals surface area contributed by atoms with Crippen LogP contribution >= 0.6 is 11.3 Å². The summed E-state index contributed by atoms with van der Waals surface area (Å²) >= 11 is 1.49. The Morgan fingerprint density at radius 2 is 1.79 bits per heavy atom. The summed E-state index contributed by atoms with van der Waals surface area (Å²) in [5, 5.41) is 2.76. The van der Waals surface area contributed by atoms with Gasteiger partial charge >= 0.3 is 0 Å². The minimum atomic E-state index is -4.10. The Morgan fingerprint density at radius 3 is 2.42 bits per heavy atom. The number of benzene rings is 2. The summed E-state index contributed by atoms with van der Waals surface area (Å²) < 4.78 is 53.4. The number of hydrogen-bond acceptors (Lipinski definition) is 4. The molecule has 0 fully saturated rings. The fourth-order valence-corrected chi connectivity index (χ4v) is 3.85. The van der Waals surface area contributed by atoms with Crippen molar-refractivity contribution in [2.75, 3.05) is 4.72 Å². The molecule has 0 radical (unpaired) electrons. The number of hydrogen-bond donors (Lipinski definition) is 1. The zero-order valence-corrected chi connectivity index (χ0v) is 14.1. The first-order valence-electron chi connectivity index (χ1n) is 6.85. The monoisotopic (exact) mass is 366 g/mol. The fourth-order valence-electron chi connectivity index (χ4n) is 2.14. The minimum Gasteiger partial charge on any atom is -0.280 e. The normalized spacial score (nSPS) is 11.5. The molecule has 0 atom stereocenters. The number of nitrogens with zero attached hydrogens (tertiary/aromatic N) is 1. The van der Waals surface area contributed by atoms with Gasteiger partial charge in [0.25, 0.3) is 10.0 Å². The molecule has 0 aliphatic carbocycles. The third-order valence-corrected chi connectivity index (χ3v) is 5.31. The Labute approximate surface area is 141 Å². The van der Waals surface area contributed by atoms with Gasteiger partial charge in [0.15, 0.2) is 0 Å². The lowest BCUT2D eigenvalue weighted by molar-refractivity contribution is 0.568. The van der Waals surface area contributed by atoms with E-state index in [1.54, 1.807) is 24.3 Å². The molecular weight excluding hydrogens is 354 g/mol. The topological polar surface area (TPSA) is 59.1 Å². The van der Waals surface area contributed by atoms with Crippen LogP contribution in [0.2, 0.25) is 0 Å². The second kappa shape index (κ2) is 6.29. The molecule has 1 N–H and O–H groups in total. The molecule has 3 rings (SSSR count). The molecule has 0 aliphatic rings. The van der Waals surface area contributed by atoms with Gasteiger partial charge in [-0.05, 0) is 31.2 Å². The first-order valence-corrected chi connectivity index (χ1v) is 9.21. The Bertz CT molecular complexity index is 981. The zero-order valence-electron chi connectivity index (χ0n) is 12.5. The molecule has 2 aromatic carbocycles. The first kappa shape index (κ1) is 16.5. The van der Waals surface area contributed by atoms with Gasteiger partial charge in [0, 0.05) is 22.7 Å². The highest BCUT2D eigenvalue weighted by Gasteiger charge is 2.17. The van der Waals surface area contributed by atoms with Crippen LogP contribution in [0.1, 0.15) is 5.01 Å². The molecule has 1 heterocycles. The van der Waals surface area contributed by atoms with Gasteiger partial charge in [-0.3, -0.25) is 4.72 Å². The lowest BCUT2D eigenvalue weighted by atomic mass is 10.1. The van der Waals surface area contributed by atoms with Crippen molar-refractivity contribution in [2.45, 2.75) is 11.8 Å². The first-order chi connectivity index (χ1) is 11.3. The Morgan fingerprint density at radius 1 is 1.08 bits per heavy atom. The van der Waals surface area contributed by atoms with Gasteiger partial charge in [0.05, 0.1) is 15.6 Å². The van der Waals surface area contributed by atoms with Gasteiger partial charge in [-0.15, -0.1) is 11.3 Å². The van der Waals surface area contributed by atoms with Crippen LogP contribution in [0.3, 0.4) is 0 Å². The predicted octanol–water partition coefficient (Wildman–Crippen LogP) is 4.20. The highest BCUT2D eigenvalue weighted by molar-refractivity contribution is 7.92. The second-order valence-corrected chi connectivity index (χ2v) is 7.79. The molecule has 0 bridgehead atoms. The van der Waals surface area contributed by atoms with Crippen molar-refractivity contribution in [3.8, 4) is 11.3 Å². The van der Waals surface area contributed by atoms with Crippen LogP contribution in [0.5, 0.6) is 0 Å². The minimum absolute atomic E-state index is 0.280. The van der Waals surface area contributed by atoms with E-state index in [2.05, 4.69) is 9.71 Å². The Kier molecular flexibility index (Phi) is 4.33. The highest BCUT2D eigenvalue weighted by Crippen LogP contribution is 2.25. The summed E-state index contributed by atoms with van der Waals surface area (Å²) in [6, 6.07) is 8.78. The van der Waals surface area contributed by atoms with Crippen molar-refractivity contribution in [3.05, 3.63) is 64.5 Å². The molecule has 0 amide bonds. The zero-order chi connectivity index (χ0) is 17.3. The molecule has 1 aromatic heterocycles. The molecule has 0 unspecified atom stereocenters. The lowest BCUT2D eigenvalue weighted by Crippen LogP contribution is -2.13. The molecule has 0 spiro atoms. The molecule has 8 heteroatoms. The van der Waals surface area contributed by atoms with Crippen molar-refractivity contribution in [1.82, 2.24) is 4.98 Å². The Balaban J connectivity index is 1.93. The summed E-state index contributed by atoms with van der Waals surface area (Å²) in [7, 11) is -4.10. The van der Waals surface area contributed by atoms with Gasteiger partial charge in [-0.25, -0.2) is 22.2 Å². The van der Waals surface area contributed by atoms with E-state index in [4.69, 9.17) is 0 Å².